The fraction of sp³-hybridized carbons (Fsp3) is 0.391. The highest BCUT2D eigenvalue weighted by atomic mass is 127. The maximum atomic E-state index is 12.2. The van der Waals surface area contributed by atoms with Gasteiger partial charge in [0.25, 0.3) is 5.91 Å². The molecule has 0 aliphatic heterocycles. The number of guanidine groups is 1. The lowest BCUT2D eigenvalue weighted by molar-refractivity contribution is 0.0954. The van der Waals surface area contributed by atoms with Crippen molar-refractivity contribution < 1.29 is 14.3 Å². The average Bonchev–Trinajstić information content (AvgIpc) is 2.77. The molecule has 2 aromatic rings. The number of rotatable bonds is 11. The minimum Gasteiger partial charge on any atom is -0.490 e. The fourth-order valence-electron chi connectivity index (χ4n) is 2.89. The molecule has 32 heavy (non-hydrogen) atoms. The van der Waals surface area contributed by atoms with Gasteiger partial charge in [0, 0.05) is 26.7 Å². The van der Waals surface area contributed by atoms with Gasteiger partial charge in [-0.05, 0) is 50.1 Å². The van der Waals surface area contributed by atoms with E-state index >= 15 is 0 Å². The molecule has 1 amide bonds. The van der Waals surface area contributed by atoms with Crippen LogP contribution in [0.25, 0.3) is 0 Å². The molecular formula is C23H32ClIN4O3. The number of nitrogens with zero attached hydrogens (tertiary/aromatic N) is 1. The molecule has 0 bridgehead atoms. The highest BCUT2D eigenvalue weighted by Crippen LogP contribution is 2.28. The van der Waals surface area contributed by atoms with Crippen LogP contribution in [-0.2, 0) is 6.42 Å². The highest BCUT2D eigenvalue weighted by Gasteiger charge is 2.09. The molecule has 0 saturated heterocycles. The monoisotopic (exact) mass is 574 g/mol. The summed E-state index contributed by atoms with van der Waals surface area (Å²) in [7, 11) is 1.71. The van der Waals surface area contributed by atoms with Crippen LogP contribution in [0.1, 0.15) is 29.8 Å². The fourth-order valence-corrected chi connectivity index (χ4v) is 3.12. The zero-order chi connectivity index (χ0) is 22.5. The Morgan fingerprint density at radius 3 is 2.28 bits per heavy atom. The van der Waals surface area contributed by atoms with Gasteiger partial charge in [0.05, 0.1) is 23.8 Å². The minimum atomic E-state index is -0.198. The van der Waals surface area contributed by atoms with Gasteiger partial charge in [-0.25, -0.2) is 0 Å². The zero-order valence-corrected chi connectivity index (χ0v) is 21.8. The standard InChI is InChI=1S/C23H31ClN4O3.HI/c1-4-30-20-11-10-17(16-21(20)31-5-2)12-13-27-23(25-3)28-15-14-26-22(29)18-8-6-7-9-19(18)24;/h6-11,16H,4-5,12-15H2,1-3H3,(H,26,29)(H2,25,27,28);1H. The number of amides is 1. The van der Waals surface area contributed by atoms with Crippen molar-refractivity contribution >= 4 is 47.4 Å². The van der Waals surface area contributed by atoms with Crippen LogP contribution in [0.15, 0.2) is 47.5 Å². The highest BCUT2D eigenvalue weighted by molar-refractivity contribution is 14.0. The summed E-state index contributed by atoms with van der Waals surface area (Å²) in [5.74, 6) is 2.00. The molecule has 3 N–H and O–H groups in total. The maximum absolute atomic E-state index is 12.2. The van der Waals surface area contributed by atoms with Crippen LogP contribution in [0.3, 0.4) is 0 Å². The lowest BCUT2D eigenvalue weighted by Gasteiger charge is -2.14. The Bertz CT molecular complexity index is 880. The lowest BCUT2D eigenvalue weighted by Crippen LogP contribution is -2.42. The van der Waals surface area contributed by atoms with Crippen LogP contribution in [0, 0.1) is 0 Å². The van der Waals surface area contributed by atoms with E-state index in [9.17, 15) is 4.79 Å². The van der Waals surface area contributed by atoms with E-state index in [2.05, 4.69) is 20.9 Å². The van der Waals surface area contributed by atoms with Gasteiger partial charge in [0.1, 0.15) is 0 Å². The first-order valence-electron chi connectivity index (χ1n) is 10.4. The zero-order valence-electron chi connectivity index (χ0n) is 18.7. The number of carbonyl (C=O) groups excluding carboxylic acids is 1. The van der Waals surface area contributed by atoms with Crippen molar-refractivity contribution in [2.24, 2.45) is 4.99 Å². The van der Waals surface area contributed by atoms with Gasteiger partial charge < -0.3 is 25.4 Å². The third-order valence-corrected chi connectivity index (χ3v) is 4.69. The number of halogens is 2. The summed E-state index contributed by atoms with van der Waals surface area (Å²) in [6, 6.07) is 13.0. The number of hydrogen-bond acceptors (Lipinski definition) is 4. The van der Waals surface area contributed by atoms with Crippen LogP contribution in [-0.4, -0.2) is 51.8 Å². The maximum Gasteiger partial charge on any atom is 0.252 e. The van der Waals surface area contributed by atoms with Gasteiger partial charge in [-0.15, -0.1) is 24.0 Å². The molecule has 0 aromatic heterocycles. The summed E-state index contributed by atoms with van der Waals surface area (Å²) in [4.78, 5) is 16.4. The van der Waals surface area contributed by atoms with E-state index in [1.165, 1.54) is 0 Å². The smallest absolute Gasteiger partial charge is 0.252 e. The Labute approximate surface area is 212 Å². The second-order valence-electron chi connectivity index (χ2n) is 6.56. The molecule has 0 atom stereocenters. The van der Waals surface area contributed by atoms with Crippen LogP contribution in [0.5, 0.6) is 11.5 Å². The first kappa shape index (κ1) is 27.8. The Morgan fingerprint density at radius 1 is 0.938 bits per heavy atom. The third-order valence-electron chi connectivity index (χ3n) is 4.36. The van der Waals surface area contributed by atoms with Crippen LogP contribution >= 0.6 is 35.6 Å². The van der Waals surface area contributed by atoms with Crippen molar-refractivity contribution in [2.75, 3.05) is 39.9 Å². The number of aliphatic imine (C=N–C) groups is 1. The Hall–Kier alpha value is -2.20. The van der Waals surface area contributed by atoms with Gasteiger partial charge in [0.2, 0.25) is 0 Å². The van der Waals surface area contributed by atoms with Crippen molar-refractivity contribution in [1.29, 1.82) is 0 Å². The topological polar surface area (TPSA) is 84.0 Å². The molecule has 0 radical (unpaired) electrons. The van der Waals surface area contributed by atoms with Gasteiger partial charge in [0.15, 0.2) is 17.5 Å². The molecule has 0 heterocycles. The largest absolute Gasteiger partial charge is 0.490 e. The third kappa shape index (κ3) is 9.12. The summed E-state index contributed by atoms with van der Waals surface area (Å²) in [5, 5.41) is 9.73. The Kier molecular flexibility index (Phi) is 13.5. The number of hydrogen-bond donors (Lipinski definition) is 3. The molecule has 2 rings (SSSR count). The number of carbonyl (C=O) groups is 1. The second-order valence-corrected chi connectivity index (χ2v) is 6.97. The van der Waals surface area contributed by atoms with Crippen LogP contribution in [0.2, 0.25) is 5.02 Å². The summed E-state index contributed by atoms with van der Waals surface area (Å²) in [6.07, 6.45) is 0.802. The number of benzene rings is 2. The number of ether oxygens (including phenoxy) is 2. The SMILES string of the molecule is CCOc1ccc(CCNC(=NC)NCCNC(=O)c2ccccc2Cl)cc1OCC.I. The molecule has 9 heteroatoms. The van der Waals surface area contributed by atoms with Crippen molar-refractivity contribution in [1.82, 2.24) is 16.0 Å². The molecular weight excluding hydrogens is 543 g/mol. The van der Waals surface area contributed by atoms with E-state index in [1.807, 2.05) is 32.0 Å². The van der Waals surface area contributed by atoms with Crippen molar-refractivity contribution in [3.63, 3.8) is 0 Å². The molecule has 0 spiro atoms. The molecule has 0 unspecified atom stereocenters. The van der Waals surface area contributed by atoms with E-state index in [4.69, 9.17) is 21.1 Å². The van der Waals surface area contributed by atoms with E-state index in [0.29, 0.717) is 49.4 Å². The second kappa shape index (κ2) is 15.6. The Balaban J connectivity index is 0.00000512. The first-order chi connectivity index (χ1) is 15.1. The molecule has 0 aliphatic carbocycles. The van der Waals surface area contributed by atoms with E-state index in [1.54, 1.807) is 31.3 Å². The Morgan fingerprint density at radius 2 is 1.59 bits per heavy atom. The molecule has 0 saturated carbocycles. The summed E-state index contributed by atoms with van der Waals surface area (Å²) in [6.45, 7) is 6.78. The normalized spacial score (nSPS) is 10.7. The minimum absolute atomic E-state index is 0. The van der Waals surface area contributed by atoms with Crippen LogP contribution in [0.4, 0.5) is 0 Å². The molecule has 7 nitrogen and oxygen atoms in total. The molecule has 0 aliphatic rings. The van der Waals surface area contributed by atoms with Gasteiger partial charge in [-0.3, -0.25) is 9.79 Å². The summed E-state index contributed by atoms with van der Waals surface area (Å²) < 4.78 is 11.3. The van der Waals surface area contributed by atoms with Gasteiger partial charge in [-0.1, -0.05) is 29.8 Å². The van der Waals surface area contributed by atoms with Crippen LogP contribution < -0.4 is 25.4 Å². The average molecular weight is 575 g/mol. The van der Waals surface area contributed by atoms with Crippen molar-refractivity contribution in [3.8, 4) is 11.5 Å². The predicted octanol–water partition coefficient (Wildman–Crippen LogP) is 3.89. The van der Waals surface area contributed by atoms with E-state index in [-0.39, 0.29) is 29.9 Å². The van der Waals surface area contributed by atoms with E-state index in [0.717, 1.165) is 23.5 Å². The van der Waals surface area contributed by atoms with Gasteiger partial charge >= 0.3 is 0 Å². The number of nitrogens with one attached hydrogen (secondary N) is 3. The van der Waals surface area contributed by atoms with Gasteiger partial charge in [-0.2, -0.15) is 0 Å². The molecule has 0 fully saturated rings. The van der Waals surface area contributed by atoms with Crippen molar-refractivity contribution in [2.45, 2.75) is 20.3 Å². The quantitative estimate of drug-likeness (QED) is 0.164. The van der Waals surface area contributed by atoms with E-state index < -0.39 is 0 Å². The lowest BCUT2D eigenvalue weighted by atomic mass is 10.1. The van der Waals surface area contributed by atoms with Crippen molar-refractivity contribution in [3.05, 3.63) is 58.6 Å². The first-order valence-corrected chi connectivity index (χ1v) is 10.8. The molecule has 2 aromatic carbocycles. The predicted molar refractivity (Wildman–Crippen MR) is 141 cm³/mol. The summed E-state index contributed by atoms with van der Waals surface area (Å²) >= 11 is 6.04. The molecule has 176 valence electrons. The summed E-state index contributed by atoms with van der Waals surface area (Å²) in [5.41, 5.74) is 1.61.